The van der Waals surface area contributed by atoms with Crippen molar-refractivity contribution in [2.75, 3.05) is 16.8 Å². The smallest absolute Gasteiger partial charge is 0.433 e. The number of rotatable bonds is 5. The van der Waals surface area contributed by atoms with Crippen LogP contribution >= 0.6 is 0 Å². The molecule has 1 aromatic heterocycles. The highest BCUT2D eigenvalue weighted by atomic mass is 19.4. The van der Waals surface area contributed by atoms with Crippen molar-refractivity contribution in [3.05, 3.63) is 47.7 Å². The molecule has 2 aromatic rings. The first-order valence-electron chi connectivity index (χ1n) is 8.80. The standard InChI is InChI=1S/C19H15F5N4O2/c20-18(21)30-13-6-4-12(5-7-13)28-9-1-2-14(17(28)29)26-16-11(10-25)3-8-15(27-16)19(22,23)24/h3-8,14,18H,1-2,9H2,(H,26,27). The molecule has 1 unspecified atom stereocenters. The molecule has 158 valence electrons. The zero-order chi connectivity index (χ0) is 21.9. The number of halogens is 5. The molecule has 2 heterocycles. The van der Waals surface area contributed by atoms with Gasteiger partial charge >= 0.3 is 12.8 Å². The van der Waals surface area contributed by atoms with Crippen LogP contribution in [-0.2, 0) is 11.0 Å². The van der Waals surface area contributed by atoms with Gasteiger partial charge in [0.25, 0.3) is 0 Å². The lowest BCUT2D eigenvalue weighted by molar-refractivity contribution is -0.141. The molecule has 1 aliphatic rings. The normalized spacial score (nSPS) is 17.0. The first-order chi connectivity index (χ1) is 14.2. The number of anilines is 2. The van der Waals surface area contributed by atoms with Crippen LogP contribution in [0.5, 0.6) is 5.75 Å². The molecule has 3 rings (SSSR count). The van der Waals surface area contributed by atoms with E-state index in [1.807, 2.05) is 0 Å². The molecular formula is C19H15F5N4O2. The second-order valence-corrected chi connectivity index (χ2v) is 6.40. The number of piperidine rings is 1. The molecule has 0 saturated carbocycles. The van der Waals surface area contributed by atoms with E-state index in [0.29, 0.717) is 31.1 Å². The lowest BCUT2D eigenvalue weighted by Gasteiger charge is -2.33. The third-order valence-electron chi connectivity index (χ3n) is 4.43. The van der Waals surface area contributed by atoms with E-state index in [1.54, 1.807) is 6.07 Å². The third-order valence-corrected chi connectivity index (χ3v) is 4.43. The van der Waals surface area contributed by atoms with Gasteiger partial charge in [-0.05, 0) is 49.2 Å². The summed E-state index contributed by atoms with van der Waals surface area (Å²) in [6.45, 7) is -2.64. The Hall–Kier alpha value is -3.42. The van der Waals surface area contributed by atoms with E-state index >= 15 is 0 Å². The minimum atomic E-state index is -4.70. The van der Waals surface area contributed by atoms with Gasteiger partial charge in [0, 0.05) is 12.2 Å². The van der Waals surface area contributed by atoms with E-state index in [4.69, 9.17) is 5.26 Å². The maximum absolute atomic E-state index is 12.9. The van der Waals surface area contributed by atoms with Gasteiger partial charge < -0.3 is 15.0 Å². The summed E-state index contributed by atoms with van der Waals surface area (Å²) in [5.41, 5.74) is -0.884. The molecule has 1 aromatic carbocycles. The Labute approximate surface area is 167 Å². The van der Waals surface area contributed by atoms with Gasteiger partial charge in [0.05, 0.1) is 5.56 Å². The van der Waals surface area contributed by atoms with Crippen molar-refractivity contribution in [2.24, 2.45) is 0 Å². The van der Waals surface area contributed by atoms with Gasteiger partial charge in [0.15, 0.2) is 0 Å². The predicted octanol–water partition coefficient (Wildman–Crippen LogP) is 4.18. The van der Waals surface area contributed by atoms with Crippen LogP contribution in [0.3, 0.4) is 0 Å². The molecule has 0 bridgehead atoms. The molecular weight excluding hydrogens is 411 g/mol. The van der Waals surface area contributed by atoms with E-state index in [0.717, 1.165) is 6.07 Å². The van der Waals surface area contributed by atoms with Crippen LogP contribution in [0.2, 0.25) is 0 Å². The molecule has 30 heavy (non-hydrogen) atoms. The van der Waals surface area contributed by atoms with Crippen LogP contribution < -0.4 is 15.0 Å². The summed E-state index contributed by atoms with van der Waals surface area (Å²) in [6, 6.07) is 7.97. The summed E-state index contributed by atoms with van der Waals surface area (Å²) in [5, 5.41) is 11.8. The number of ether oxygens (including phenoxy) is 1. The Morgan fingerprint density at radius 1 is 1.20 bits per heavy atom. The molecule has 11 heteroatoms. The summed E-state index contributed by atoms with van der Waals surface area (Å²) in [6.07, 6.45) is -3.85. The molecule has 0 radical (unpaired) electrons. The maximum Gasteiger partial charge on any atom is 0.433 e. The van der Waals surface area contributed by atoms with Gasteiger partial charge in [-0.25, -0.2) is 4.98 Å². The van der Waals surface area contributed by atoms with Gasteiger partial charge in [0.2, 0.25) is 5.91 Å². The Kier molecular flexibility index (Phi) is 6.05. The van der Waals surface area contributed by atoms with E-state index in [2.05, 4.69) is 15.0 Å². The minimum absolute atomic E-state index is 0.0697. The molecule has 0 aliphatic carbocycles. The van der Waals surface area contributed by atoms with Crippen molar-refractivity contribution < 1.29 is 31.5 Å². The number of amides is 1. The molecule has 6 nitrogen and oxygen atoms in total. The molecule has 1 amide bonds. The van der Waals surface area contributed by atoms with Gasteiger partial charge in [-0.15, -0.1) is 0 Å². The topological polar surface area (TPSA) is 78.2 Å². The zero-order valence-corrected chi connectivity index (χ0v) is 15.3. The van der Waals surface area contributed by atoms with Crippen LogP contribution in [0, 0.1) is 11.3 Å². The first kappa shape index (κ1) is 21.3. The largest absolute Gasteiger partial charge is 0.435 e. The SMILES string of the molecule is N#Cc1ccc(C(F)(F)F)nc1NC1CCCN(c2ccc(OC(F)F)cc2)C1=O. The number of alkyl halides is 5. The van der Waals surface area contributed by atoms with Gasteiger partial charge in [-0.1, -0.05) is 0 Å². The van der Waals surface area contributed by atoms with Gasteiger partial charge in [-0.3, -0.25) is 4.79 Å². The van der Waals surface area contributed by atoms with E-state index in [-0.39, 0.29) is 17.1 Å². The van der Waals surface area contributed by atoms with E-state index in [9.17, 15) is 26.7 Å². The highest BCUT2D eigenvalue weighted by Gasteiger charge is 2.35. The van der Waals surface area contributed by atoms with Gasteiger partial charge in [0.1, 0.15) is 29.4 Å². The summed E-state index contributed by atoms with van der Waals surface area (Å²) >= 11 is 0. The third kappa shape index (κ3) is 4.76. The van der Waals surface area contributed by atoms with Crippen LogP contribution in [0.1, 0.15) is 24.1 Å². The first-order valence-corrected chi connectivity index (χ1v) is 8.80. The maximum atomic E-state index is 12.9. The van der Waals surface area contributed by atoms with Crippen LogP contribution in [0.15, 0.2) is 36.4 Å². The number of benzene rings is 1. The summed E-state index contributed by atoms with van der Waals surface area (Å²) in [4.78, 5) is 17.7. The lowest BCUT2D eigenvalue weighted by atomic mass is 10.0. The molecule has 1 atom stereocenters. The average Bonchev–Trinajstić information content (AvgIpc) is 2.69. The van der Waals surface area contributed by atoms with Crippen molar-refractivity contribution in [2.45, 2.75) is 31.7 Å². The average molecular weight is 426 g/mol. The monoisotopic (exact) mass is 426 g/mol. The van der Waals surface area contributed by atoms with Crippen molar-refractivity contribution in [1.82, 2.24) is 4.98 Å². The number of hydrogen-bond acceptors (Lipinski definition) is 5. The van der Waals surface area contributed by atoms with Crippen molar-refractivity contribution in [1.29, 1.82) is 5.26 Å². The number of aromatic nitrogens is 1. The van der Waals surface area contributed by atoms with Crippen molar-refractivity contribution in [3.8, 4) is 11.8 Å². The predicted molar refractivity (Wildman–Crippen MR) is 96.0 cm³/mol. The lowest BCUT2D eigenvalue weighted by Crippen LogP contribution is -2.48. The summed E-state index contributed by atoms with van der Waals surface area (Å²) < 4.78 is 67.6. The highest BCUT2D eigenvalue weighted by Crippen LogP contribution is 2.31. The van der Waals surface area contributed by atoms with Crippen molar-refractivity contribution in [3.63, 3.8) is 0 Å². The van der Waals surface area contributed by atoms with E-state index in [1.165, 1.54) is 29.2 Å². The van der Waals surface area contributed by atoms with Crippen molar-refractivity contribution >= 4 is 17.4 Å². The number of nitrogens with zero attached hydrogens (tertiary/aromatic N) is 3. The number of nitriles is 1. The Morgan fingerprint density at radius 3 is 2.50 bits per heavy atom. The second kappa shape index (κ2) is 8.52. The second-order valence-electron chi connectivity index (χ2n) is 6.40. The minimum Gasteiger partial charge on any atom is -0.435 e. The Morgan fingerprint density at radius 2 is 1.90 bits per heavy atom. The summed E-state index contributed by atoms with van der Waals surface area (Å²) in [7, 11) is 0. The zero-order valence-electron chi connectivity index (χ0n) is 15.3. The van der Waals surface area contributed by atoms with Crippen LogP contribution in [-0.4, -0.2) is 30.1 Å². The molecule has 1 aliphatic heterocycles. The Bertz CT molecular complexity index is 957. The fourth-order valence-corrected chi connectivity index (χ4v) is 3.06. The number of nitrogens with one attached hydrogen (secondary N) is 1. The number of carbonyl (C=O) groups excluding carboxylic acids is 1. The number of pyridine rings is 1. The van der Waals surface area contributed by atoms with E-state index < -0.39 is 30.4 Å². The molecule has 0 spiro atoms. The number of hydrogen-bond donors (Lipinski definition) is 1. The fraction of sp³-hybridized carbons (Fsp3) is 0.316. The fourth-order valence-electron chi connectivity index (χ4n) is 3.06. The Balaban J connectivity index is 1.80. The molecule has 1 N–H and O–H groups in total. The molecule has 1 fully saturated rings. The number of carbonyl (C=O) groups is 1. The molecule has 1 saturated heterocycles. The summed E-state index contributed by atoms with van der Waals surface area (Å²) in [5.74, 6) is -0.834. The van der Waals surface area contributed by atoms with Crippen LogP contribution in [0.25, 0.3) is 0 Å². The highest BCUT2D eigenvalue weighted by molar-refractivity contribution is 5.99. The quantitative estimate of drug-likeness (QED) is 0.726. The van der Waals surface area contributed by atoms with Gasteiger partial charge in [-0.2, -0.15) is 27.2 Å². The van der Waals surface area contributed by atoms with Crippen LogP contribution in [0.4, 0.5) is 33.5 Å².